The first-order valence-corrected chi connectivity index (χ1v) is 11.4. The number of aromatic nitrogens is 1. The normalized spacial score (nSPS) is 13.1. The number of halogens is 3. The summed E-state index contributed by atoms with van der Waals surface area (Å²) in [7, 11) is 0. The number of nitrogens with one attached hydrogen (secondary N) is 2. The molecule has 2 aromatic carbocycles. The molecule has 7 nitrogen and oxygen atoms in total. The van der Waals surface area contributed by atoms with Crippen LogP contribution in [0.15, 0.2) is 66.9 Å². The third-order valence-corrected chi connectivity index (χ3v) is 5.40. The summed E-state index contributed by atoms with van der Waals surface area (Å²) in [6, 6.07) is 16.5. The van der Waals surface area contributed by atoms with Crippen LogP contribution in [-0.2, 0) is 24.2 Å². The number of nitrogens with zero attached hydrogens (tertiary/aromatic N) is 1. The van der Waals surface area contributed by atoms with E-state index < -0.39 is 12.5 Å². The molecule has 0 saturated carbocycles. The van der Waals surface area contributed by atoms with Crippen LogP contribution in [0.1, 0.15) is 35.3 Å². The highest BCUT2D eigenvalue weighted by Gasteiger charge is 2.30. The Hall–Kier alpha value is -3.63. The van der Waals surface area contributed by atoms with Gasteiger partial charge < -0.3 is 26.2 Å². The van der Waals surface area contributed by atoms with E-state index in [1.54, 1.807) is 18.3 Å². The van der Waals surface area contributed by atoms with Crippen molar-refractivity contribution in [2.75, 3.05) is 12.3 Å². The number of carbonyl (C=O) groups excluding carboxylic acids is 1. The molecular weight excluding hydrogens is 473 g/mol. The largest absolute Gasteiger partial charge is 0.573 e. The topological polar surface area (TPSA) is 110 Å². The third kappa shape index (κ3) is 9.20. The average molecular weight is 503 g/mol. The van der Waals surface area contributed by atoms with E-state index in [0.29, 0.717) is 29.9 Å². The quantitative estimate of drug-likeness (QED) is 0.319. The lowest BCUT2D eigenvalue weighted by molar-refractivity contribution is -0.274. The molecule has 1 amide bonds. The molecule has 0 fully saturated rings. The summed E-state index contributed by atoms with van der Waals surface area (Å²) in [6.45, 7) is 2.56. The summed E-state index contributed by atoms with van der Waals surface area (Å²) < 4.78 is 40.6. The van der Waals surface area contributed by atoms with Crippen LogP contribution in [0, 0.1) is 0 Å². The SMILES string of the molecule is CC(Cc1cccc(CC(=O)NCc2ccc(OC(F)(F)F)cc2)c1)NC[C@H](O)c1ccc(N)nc1. The molecule has 3 aromatic rings. The zero-order valence-corrected chi connectivity index (χ0v) is 19.8. The highest BCUT2D eigenvalue weighted by Crippen LogP contribution is 2.22. The smallest absolute Gasteiger partial charge is 0.406 e. The zero-order chi connectivity index (χ0) is 26.1. The zero-order valence-electron chi connectivity index (χ0n) is 19.8. The van der Waals surface area contributed by atoms with Crippen LogP contribution in [0.5, 0.6) is 5.75 Å². The molecule has 1 heterocycles. The second kappa shape index (κ2) is 12.4. The van der Waals surface area contributed by atoms with Crippen LogP contribution in [0.25, 0.3) is 0 Å². The van der Waals surface area contributed by atoms with Gasteiger partial charge in [-0.05, 0) is 48.2 Å². The lowest BCUT2D eigenvalue weighted by Crippen LogP contribution is -2.32. The van der Waals surface area contributed by atoms with E-state index in [1.165, 1.54) is 24.3 Å². The summed E-state index contributed by atoms with van der Waals surface area (Å²) in [5, 5.41) is 16.4. The molecular formula is C26H29F3N4O3. The molecule has 2 atom stereocenters. The van der Waals surface area contributed by atoms with Gasteiger partial charge in [0.05, 0.1) is 12.5 Å². The number of hydrogen-bond acceptors (Lipinski definition) is 6. The molecule has 0 saturated heterocycles. The first-order valence-electron chi connectivity index (χ1n) is 11.4. The van der Waals surface area contributed by atoms with E-state index in [2.05, 4.69) is 20.4 Å². The van der Waals surface area contributed by atoms with E-state index in [4.69, 9.17) is 5.73 Å². The lowest BCUT2D eigenvalue weighted by atomic mass is 10.0. The van der Waals surface area contributed by atoms with Gasteiger partial charge >= 0.3 is 6.36 Å². The van der Waals surface area contributed by atoms with Crippen LogP contribution >= 0.6 is 0 Å². The number of rotatable bonds is 11. The Balaban J connectivity index is 1.44. The van der Waals surface area contributed by atoms with Crippen molar-refractivity contribution in [3.05, 3.63) is 89.1 Å². The van der Waals surface area contributed by atoms with Gasteiger partial charge in [-0.1, -0.05) is 42.5 Å². The standard InChI is InChI=1S/C26H29F3N4O3/c1-17(31-16-23(34)21-7-10-24(30)32-15-21)11-19-3-2-4-20(12-19)13-25(35)33-14-18-5-8-22(9-6-18)36-26(27,28)29/h2-10,12,15,17,23,31,34H,11,13-14,16H2,1H3,(H2,30,32)(H,33,35)/t17?,23-/m0/s1. The maximum Gasteiger partial charge on any atom is 0.573 e. The van der Waals surface area contributed by atoms with E-state index >= 15 is 0 Å². The number of nitrogen functional groups attached to an aromatic ring is 1. The maximum absolute atomic E-state index is 12.4. The number of benzene rings is 2. The van der Waals surface area contributed by atoms with Gasteiger partial charge in [0, 0.05) is 30.9 Å². The Morgan fingerprint density at radius 3 is 2.47 bits per heavy atom. The van der Waals surface area contributed by atoms with Crippen molar-refractivity contribution in [2.45, 2.75) is 44.8 Å². The van der Waals surface area contributed by atoms with E-state index in [-0.39, 0.29) is 30.7 Å². The summed E-state index contributed by atoms with van der Waals surface area (Å²) in [4.78, 5) is 16.4. The molecule has 10 heteroatoms. The Kier molecular flexibility index (Phi) is 9.26. The van der Waals surface area contributed by atoms with Crippen molar-refractivity contribution < 1.29 is 27.8 Å². The molecule has 36 heavy (non-hydrogen) atoms. The molecule has 0 aliphatic carbocycles. The fourth-order valence-corrected chi connectivity index (χ4v) is 3.59. The Labute approximate surface area is 207 Å². The van der Waals surface area contributed by atoms with Gasteiger partial charge in [0.1, 0.15) is 11.6 Å². The Bertz CT molecular complexity index is 1120. The summed E-state index contributed by atoms with van der Waals surface area (Å²) in [5.74, 6) is -0.112. The van der Waals surface area contributed by atoms with Crippen LogP contribution in [0.2, 0.25) is 0 Å². The highest BCUT2D eigenvalue weighted by molar-refractivity contribution is 5.78. The lowest BCUT2D eigenvalue weighted by Gasteiger charge is -2.18. The van der Waals surface area contributed by atoms with Crippen molar-refractivity contribution in [2.24, 2.45) is 0 Å². The molecule has 1 aromatic heterocycles. The monoisotopic (exact) mass is 502 g/mol. The number of hydrogen-bond donors (Lipinski definition) is 4. The Morgan fingerprint density at radius 2 is 1.81 bits per heavy atom. The number of carbonyl (C=O) groups is 1. The predicted octanol–water partition coefficient (Wildman–Crippen LogP) is 3.68. The van der Waals surface area contributed by atoms with Crippen LogP contribution in [0.3, 0.4) is 0 Å². The summed E-state index contributed by atoms with van der Waals surface area (Å²) >= 11 is 0. The molecule has 0 radical (unpaired) electrons. The molecule has 0 bridgehead atoms. The second-order valence-electron chi connectivity index (χ2n) is 8.51. The maximum atomic E-state index is 12.4. The first-order chi connectivity index (χ1) is 17.1. The number of anilines is 1. The summed E-state index contributed by atoms with van der Waals surface area (Å²) in [6.07, 6.45) is -3.01. The van der Waals surface area contributed by atoms with E-state index in [1.807, 2.05) is 31.2 Å². The molecule has 0 aliphatic rings. The number of alkyl halides is 3. The van der Waals surface area contributed by atoms with Gasteiger partial charge in [0.2, 0.25) is 5.91 Å². The van der Waals surface area contributed by atoms with Crippen LogP contribution in [-0.4, -0.2) is 34.9 Å². The number of nitrogens with two attached hydrogens (primary N) is 1. The number of pyridine rings is 1. The molecule has 192 valence electrons. The first kappa shape index (κ1) is 27.0. The molecule has 0 spiro atoms. The van der Waals surface area contributed by atoms with E-state index in [0.717, 1.165) is 11.1 Å². The summed E-state index contributed by atoms with van der Waals surface area (Å²) in [5.41, 5.74) is 8.80. The van der Waals surface area contributed by atoms with Gasteiger partial charge in [0.15, 0.2) is 0 Å². The predicted molar refractivity (Wildman–Crippen MR) is 130 cm³/mol. The van der Waals surface area contributed by atoms with E-state index in [9.17, 15) is 23.1 Å². The molecule has 5 N–H and O–H groups in total. The van der Waals surface area contributed by atoms with Crippen molar-refractivity contribution in [3.63, 3.8) is 0 Å². The number of aliphatic hydroxyl groups is 1. The van der Waals surface area contributed by atoms with Crippen molar-refractivity contribution in [3.8, 4) is 5.75 Å². The minimum absolute atomic E-state index is 0.0785. The van der Waals surface area contributed by atoms with Gasteiger partial charge in [-0.15, -0.1) is 13.2 Å². The minimum Gasteiger partial charge on any atom is -0.406 e. The van der Waals surface area contributed by atoms with Crippen molar-refractivity contribution in [1.29, 1.82) is 0 Å². The van der Waals surface area contributed by atoms with Gasteiger partial charge in [-0.2, -0.15) is 0 Å². The van der Waals surface area contributed by atoms with Gasteiger partial charge in [-0.25, -0.2) is 4.98 Å². The van der Waals surface area contributed by atoms with Gasteiger partial charge in [0.25, 0.3) is 0 Å². The van der Waals surface area contributed by atoms with Crippen molar-refractivity contribution >= 4 is 11.7 Å². The number of aliphatic hydroxyl groups excluding tert-OH is 1. The fraction of sp³-hybridized carbons (Fsp3) is 0.308. The second-order valence-corrected chi connectivity index (χ2v) is 8.51. The van der Waals surface area contributed by atoms with Gasteiger partial charge in [-0.3, -0.25) is 4.79 Å². The third-order valence-electron chi connectivity index (χ3n) is 5.40. The van der Waals surface area contributed by atoms with Crippen LogP contribution in [0.4, 0.5) is 19.0 Å². The number of amides is 1. The highest BCUT2D eigenvalue weighted by atomic mass is 19.4. The van der Waals surface area contributed by atoms with Crippen LogP contribution < -0.4 is 21.1 Å². The fourth-order valence-electron chi connectivity index (χ4n) is 3.59. The number of ether oxygens (including phenoxy) is 1. The molecule has 1 unspecified atom stereocenters. The average Bonchev–Trinajstić information content (AvgIpc) is 2.82. The Morgan fingerprint density at radius 1 is 1.08 bits per heavy atom. The molecule has 0 aliphatic heterocycles. The minimum atomic E-state index is -4.74. The van der Waals surface area contributed by atoms with Crippen molar-refractivity contribution in [1.82, 2.24) is 15.6 Å². The molecule has 3 rings (SSSR count).